The highest BCUT2D eigenvalue weighted by atomic mass is 35.5. The molecule has 0 saturated carbocycles. The van der Waals surface area contributed by atoms with Crippen LogP contribution in [0.4, 0.5) is 0 Å². The van der Waals surface area contributed by atoms with Gasteiger partial charge >= 0.3 is 0 Å². The molecular formula is C20H38Cl2N4O5. The summed E-state index contributed by atoms with van der Waals surface area (Å²) in [4.78, 5) is 18.4. The second kappa shape index (κ2) is 19.0. The Bertz CT molecular complexity index is 767. The fourth-order valence-electron chi connectivity index (χ4n) is 3.07. The van der Waals surface area contributed by atoms with Crippen molar-refractivity contribution in [3.05, 3.63) is 35.7 Å². The standard InChI is InChI=1S/C20H30N4O2.2ClH.3H2O/c1-4-7-8-19-21-17-15-16(10-12-20(25)22-26)9-11-18(17)24(19)14-13-23(5-2)6-3;;;;;/h9-12,15,26H,4-8,13-14H2,1-3H3,(H,22,25);2*1H;3*1H2. The lowest BCUT2D eigenvalue weighted by Gasteiger charge is -2.19. The van der Waals surface area contributed by atoms with Gasteiger partial charge in [-0.1, -0.05) is 33.3 Å². The molecule has 0 radical (unpaired) electrons. The lowest BCUT2D eigenvalue weighted by molar-refractivity contribution is -0.124. The number of imidazole rings is 1. The number of halogens is 2. The van der Waals surface area contributed by atoms with E-state index >= 15 is 0 Å². The second-order valence-electron chi connectivity index (χ2n) is 6.37. The Morgan fingerprint density at radius 2 is 1.81 bits per heavy atom. The number of hydroxylamine groups is 1. The number of aromatic nitrogens is 2. The van der Waals surface area contributed by atoms with Gasteiger partial charge in [0.15, 0.2) is 0 Å². The van der Waals surface area contributed by atoms with Crippen molar-refractivity contribution in [1.82, 2.24) is 19.9 Å². The van der Waals surface area contributed by atoms with Crippen LogP contribution in [0.2, 0.25) is 0 Å². The summed E-state index contributed by atoms with van der Waals surface area (Å²) in [5.41, 5.74) is 4.56. The van der Waals surface area contributed by atoms with Crippen LogP contribution in [0.25, 0.3) is 17.1 Å². The lowest BCUT2D eigenvalue weighted by atomic mass is 10.2. The third-order valence-electron chi connectivity index (χ3n) is 4.68. The number of carbonyl (C=O) groups excluding carboxylic acids is 1. The van der Waals surface area contributed by atoms with Crippen molar-refractivity contribution in [3.63, 3.8) is 0 Å². The van der Waals surface area contributed by atoms with Crippen molar-refractivity contribution >= 4 is 47.8 Å². The van der Waals surface area contributed by atoms with Crippen LogP contribution in [0.5, 0.6) is 0 Å². The maximum Gasteiger partial charge on any atom is 0.267 e. The van der Waals surface area contributed by atoms with E-state index in [2.05, 4.69) is 36.3 Å². The number of rotatable bonds is 10. The van der Waals surface area contributed by atoms with Gasteiger partial charge in [-0.15, -0.1) is 24.8 Å². The predicted molar refractivity (Wildman–Crippen MR) is 130 cm³/mol. The van der Waals surface area contributed by atoms with E-state index in [-0.39, 0.29) is 41.2 Å². The molecule has 0 atom stereocenters. The van der Waals surface area contributed by atoms with E-state index in [1.807, 2.05) is 12.1 Å². The van der Waals surface area contributed by atoms with Gasteiger partial charge in [0.1, 0.15) is 5.82 Å². The van der Waals surface area contributed by atoms with Gasteiger partial charge in [-0.3, -0.25) is 10.0 Å². The topological polar surface area (TPSA) is 165 Å². The van der Waals surface area contributed by atoms with E-state index in [9.17, 15) is 4.79 Å². The van der Waals surface area contributed by atoms with E-state index in [0.717, 1.165) is 67.9 Å². The molecule has 2 rings (SSSR count). The molecule has 8 N–H and O–H groups in total. The first-order chi connectivity index (χ1) is 12.6. The van der Waals surface area contributed by atoms with Gasteiger partial charge in [-0.2, -0.15) is 0 Å². The zero-order chi connectivity index (χ0) is 18.9. The zero-order valence-corrected chi connectivity index (χ0v) is 20.0. The van der Waals surface area contributed by atoms with Crippen molar-refractivity contribution in [2.45, 2.75) is 46.6 Å². The number of nitrogens with zero attached hydrogens (tertiary/aromatic N) is 3. The van der Waals surface area contributed by atoms with Gasteiger partial charge in [0.25, 0.3) is 5.91 Å². The van der Waals surface area contributed by atoms with E-state index in [0.29, 0.717) is 0 Å². The molecule has 0 aliphatic heterocycles. The first kappa shape index (κ1) is 36.6. The van der Waals surface area contributed by atoms with Crippen molar-refractivity contribution in [1.29, 1.82) is 0 Å². The summed E-state index contributed by atoms with van der Waals surface area (Å²) in [7, 11) is 0. The number of fused-ring (bicyclic) bond motifs is 1. The number of hydrogen-bond donors (Lipinski definition) is 2. The molecule has 9 nitrogen and oxygen atoms in total. The molecule has 1 amide bonds. The molecule has 182 valence electrons. The van der Waals surface area contributed by atoms with Crippen molar-refractivity contribution in [2.24, 2.45) is 0 Å². The molecule has 0 bridgehead atoms. The van der Waals surface area contributed by atoms with Gasteiger partial charge in [-0.05, 0) is 43.3 Å². The Morgan fingerprint density at radius 1 is 1.16 bits per heavy atom. The average Bonchev–Trinajstić information content (AvgIpc) is 3.01. The normalized spacial score (nSPS) is 9.84. The number of benzene rings is 1. The first-order valence-corrected chi connectivity index (χ1v) is 9.46. The summed E-state index contributed by atoms with van der Waals surface area (Å²) in [6, 6.07) is 6.03. The molecule has 2 aromatic rings. The number of hydrogen-bond acceptors (Lipinski definition) is 4. The molecule has 0 aliphatic rings. The highest BCUT2D eigenvalue weighted by molar-refractivity contribution is 5.91. The van der Waals surface area contributed by atoms with Crippen molar-refractivity contribution in [2.75, 3.05) is 19.6 Å². The molecule has 1 aromatic carbocycles. The Balaban J connectivity index is -0.000000729. The van der Waals surface area contributed by atoms with Gasteiger partial charge < -0.3 is 25.9 Å². The molecule has 31 heavy (non-hydrogen) atoms. The number of carbonyl (C=O) groups is 1. The lowest BCUT2D eigenvalue weighted by Crippen LogP contribution is -2.27. The molecule has 0 fully saturated rings. The molecule has 0 aliphatic carbocycles. The number of aryl methyl sites for hydroxylation is 1. The van der Waals surface area contributed by atoms with E-state index < -0.39 is 5.91 Å². The Labute approximate surface area is 196 Å². The second-order valence-corrected chi connectivity index (χ2v) is 6.37. The minimum atomic E-state index is -0.543. The molecule has 11 heteroatoms. The van der Waals surface area contributed by atoms with Crippen LogP contribution in [0.15, 0.2) is 24.3 Å². The monoisotopic (exact) mass is 484 g/mol. The van der Waals surface area contributed by atoms with Gasteiger partial charge in [0.05, 0.1) is 11.0 Å². The third kappa shape index (κ3) is 10.4. The van der Waals surface area contributed by atoms with Crippen molar-refractivity contribution < 1.29 is 26.4 Å². The van der Waals surface area contributed by atoms with Gasteiger partial charge in [0.2, 0.25) is 0 Å². The van der Waals surface area contributed by atoms with Crippen LogP contribution in [0.1, 0.15) is 45.0 Å². The maximum absolute atomic E-state index is 11.2. The predicted octanol–water partition coefficient (Wildman–Crippen LogP) is 1.61. The van der Waals surface area contributed by atoms with Crippen LogP contribution >= 0.6 is 24.8 Å². The highest BCUT2D eigenvalue weighted by Crippen LogP contribution is 2.20. The van der Waals surface area contributed by atoms with E-state index in [1.165, 1.54) is 6.08 Å². The summed E-state index contributed by atoms with van der Waals surface area (Å²) in [5, 5.41) is 8.58. The molecular weight excluding hydrogens is 447 g/mol. The quantitative estimate of drug-likeness (QED) is 0.297. The molecule has 0 saturated heterocycles. The smallest absolute Gasteiger partial charge is 0.267 e. The minimum absolute atomic E-state index is 0. The van der Waals surface area contributed by atoms with Crippen molar-refractivity contribution in [3.8, 4) is 0 Å². The van der Waals surface area contributed by atoms with E-state index in [4.69, 9.17) is 10.2 Å². The fraction of sp³-hybridized carbons (Fsp3) is 0.500. The maximum atomic E-state index is 11.2. The molecule has 0 spiro atoms. The van der Waals surface area contributed by atoms with E-state index in [1.54, 1.807) is 11.6 Å². The average molecular weight is 485 g/mol. The summed E-state index contributed by atoms with van der Waals surface area (Å²) in [6.45, 7) is 10.6. The minimum Gasteiger partial charge on any atom is -0.412 e. The van der Waals surface area contributed by atoms with Crippen LogP contribution in [0.3, 0.4) is 0 Å². The number of nitrogens with one attached hydrogen (secondary N) is 1. The summed E-state index contributed by atoms with van der Waals surface area (Å²) in [6.07, 6.45) is 6.21. The molecule has 1 heterocycles. The largest absolute Gasteiger partial charge is 0.412 e. The Hall–Kier alpha value is -1.72. The summed E-state index contributed by atoms with van der Waals surface area (Å²) >= 11 is 0. The third-order valence-corrected chi connectivity index (χ3v) is 4.68. The molecule has 1 aromatic heterocycles. The first-order valence-electron chi connectivity index (χ1n) is 9.46. The number of likely N-dealkylation sites (N-methyl/N-ethyl adjacent to an activating group) is 1. The summed E-state index contributed by atoms with van der Waals surface area (Å²) < 4.78 is 2.33. The van der Waals surface area contributed by atoms with Gasteiger partial charge in [-0.25, -0.2) is 10.5 Å². The fourth-order valence-corrected chi connectivity index (χ4v) is 3.07. The zero-order valence-electron chi connectivity index (χ0n) is 18.4. The number of unbranched alkanes of at least 4 members (excludes halogenated alkanes) is 1. The van der Waals surface area contributed by atoms with Crippen LogP contribution in [-0.2, 0) is 17.8 Å². The van der Waals surface area contributed by atoms with Crippen LogP contribution < -0.4 is 5.48 Å². The summed E-state index contributed by atoms with van der Waals surface area (Å²) in [5.74, 6) is 0.585. The highest BCUT2D eigenvalue weighted by Gasteiger charge is 2.12. The van der Waals surface area contributed by atoms with Crippen LogP contribution in [-0.4, -0.2) is 61.6 Å². The van der Waals surface area contributed by atoms with Gasteiger partial charge in [0, 0.05) is 25.6 Å². The van der Waals surface area contributed by atoms with Crippen LogP contribution in [0, 0.1) is 0 Å². The molecule has 0 unspecified atom stereocenters. The Kier molecular flexibility index (Phi) is 22.5. The Morgan fingerprint density at radius 3 is 2.35 bits per heavy atom. The number of amides is 1. The SMILES string of the molecule is CCCCc1nc2cc(C=CC(=O)NO)ccc2n1CCN(CC)CC.Cl.Cl.O.O.O.